The molecule has 3 N–H and O–H groups in total. The van der Waals surface area contributed by atoms with Crippen LogP contribution >= 0.6 is 0 Å². The second-order valence-corrected chi connectivity index (χ2v) is 9.88. The van der Waals surface area contributed by atoms with Gasteiger partial charge in [-0.2, -0.15) is 0 Å². The summed E-state index contributed by atoms with van der Waals surface area (Å²) in [6, 6.07) is 9.42. The summed E-state index contributed by atoms with van der Waals surface area (Å²) in [7, 11) is 1.59. The predicted octanol–water partition coefficient (Wildman–Crippen LogP) is 3.33. The minimum absolute atomic E-state index is 0.0259. The van der Waals surface area contributed by atoms with Crippen molar-refractivity contribution in [3.8, 4) is 5.75 Å². The zero-order valence-corrected chi connectivity index (χ0v) is 23.0. The number of carbonyl (C=O) groups is 2. The summed E-state index contributed by atoms with van der Waals surface area (Å²) in [5, 5.41) is 17.1. The number of hydrogen-bond donors (Lipinski definition) is 3. The van der Waals surface area contributed by atoms with Crippen LogP contribution in [0.5, 0.6) is 5.75 Å². The summed E-state index contributed by atoms with van der Waals surface area (Å²) in [4.78, 5) is 29.5. The van der Waals surface area contributed by atoms with E-state index in [1.54, 1.807) is 16.9 Å². The molecule has 1 aliphatic rings. The van der Waals surface area contributed by atoms with Crippen molar-refractivity contribution in [3.05, 3.63) is 65.2 Å². The van der Waals surface area contributed by atoms with Crippen LogP contribution in [0.2, 0.25) is 0 Å². The number of aliphatic hydroxyl groups is 1. The molecular formula is C29H40F2N4O4. The topological polar surface area (TPSA) is 94.1 Å². The number of ether oxygens (including phenoxy) is 1. The maximum absolute atomic E-state index is 13.9. The SMILES string of the molecule is CCN(CC)C(=O)C1CCCN(C(=O)N[C@@H](Cc2cc(F)cc(F)c2)[C@H](O)CNCc2cccc(OC)c2)C1. The number of likely N-dealkylation sites (tertiary alicyclic amines) is 1. The second kappa shape index (κ2) is 14.8. The lowest BCUT2D eigenvalue weighted by molar-refractivity contribution is -0.136. The van der Waals surface area contributed by atoms with Gasteiger partial charge in [0, 0.05) is 45.3 Å². The highest BCUT2D eigenvalue weighted by molar-refractivity contribution is 5.81. The van der Waals surface area contributed by atoms with E-state index in [0.29, 0.717) is 50.3 Å². The van der Waals surface area contributed by atoms with E-state index in [1.165, 1.54) is 12.1 Å². The molecule has 2 aromatic carbocycles. The van der Waals surface area contributed by atoms with Gasteiger partial charge in [-0.25, -0.2) is 13.6 Å². The molecule has 10 heteroatoms. The van der Waals surface area contributed by atoms with E-state index in [4.69, 9.17) is 4.74 Å². The molecule has 1 saturated heterocycles. The van der Waals surface area contributed by atoms with Gasteiger partial charge in [-0.05, 0) is 68.5 Å². The Morgan fingerprint density at radius 1 is 1.13 bits per heavy atom. The van der Waals surface area contributed by atoms with Crippen molar-refractivity contribution in [2.24, 2.45) is 5.92 Å². The fourth-order valence-corrected chi connectivity index (χ4v) is 4.96. The number of methoxy groups -OCH3 is 1. The first-order chi connectivity index (χ1) is 18.7. The van der Waals surface area contributed by atoms with Gasteiger partial charge in [-0.3, -0.25) is 4.79 Å². The maximum Gasteiger partial charge on any atom is 0.317 e. The average Bonchev–Trinajstić information content (AvgIpc) is 2.92. The van der Waals surface area contributed by atoms with E-state index in [2.05, 4.69) is 10.6 Å². The molecule has 0 aromatic heterocycles. The van der Waals surface area contributed by atoms with Gasteiger partial charge < -0.3 is 30.3 Å². The standard InChI is InChI=1S/C29H40F2N4O4/c1-4-34(5-2)28(37)22-9-7-11-35(19-22)29(38)33-26(15-21-12-23(30)16-24(31)13-21)27(36)18-32-17-20-8-6-10-25(14-20)39-3/h6,8,10,12-14,16,22,26-27,32,36H,4-5,7,9,11,15,17-19H2,1-3H3,(H,33,38)/t22?,26-,27+/m0/s1. The molecule has 8 nitrogen and oxygen atoms in total. The van der Waals surface area contributed by atoms with Crippen molar-refractivity contribution in [2.45, 2.75) is 51.8 Å². The van der Waals surface area contributed by atoms with Crippen molar-refractivity contribution < 1.29 is 28.2 Å². The van der Waals surface area contributed by atoms with Gasteiger partial charge in [-0.15, -0.1) is 0 Å². The van der Waals surface area contributed by atoms with Crippen LogP contribution in [0.4, 0.5) is 13.6 Å². The molecule has 0 radical (unpaired) electrons. The zero-order chi connectivity index (χ0) is 28.4. The van der Waals surface area contributed by atoms with Crippen LogP contribution in [0.3, 0.4) is 0 Å². The number of urea groups is 1. The normalized spacial score (nSPS) is 16.9. The predicted molar refractivity (Wildman–Crippen MR) is 145 cm³/mol. The Morgan fingerprint density at radius 3 is 2.51 bits per heavy atom. The summed E-state index contributed by atoms with van der Waals surface area (Å²) >= 11 is 0. The van der Waals surface area contributed by atoms with Crippen molar-refractivity contribution in [1.82, 2.24) is 20.4 Å². The molecule has 1 heterocycles. The molecule has 0 aliphatic carbocycles. The number of nitrogens with one attached hydrogen (secondary N) is 2. The van der Waals surface area contributed by atoms with Crippen LogP contribution in [0, 0.1) is 17.6 Å². The Bertz CT molecular complexity index is 1080. The lowest BCUT2D eigenvalue weighted by Gasteiger charge is -2.36. The third kappa shape index (κ3) is 8.90. The molecule has 214 valence electrons. The quantitative estimate of drug-likeness (QED) is 0.380. The summed E-state index contributed by atoms with van der Waals surface area (Å²) in [5.41, 5.74) is 1.27. The molecule has 0 saturated carbocycles. The van der Waals surface area contributed by atoms with Gasteiger partial charge in [0.2, 0.25) is 5.91 Å². The molecule has 0 spiro atoms. The van der Waals surface area contributed by atoms with Crippen molar-refractivity contribution in [3.63, 3.8) is 0 Å². The Kier molecular flexibility index (Phi) is 11.5. The second-order valence-electron chi connectivity index (χ2n) is 9.88. The Balaban J connectivity index is 1.68. The highest BCUT2D eigenvalue weighted by Crippen LogP contribution is 2.20. The molecule has 1 aliphatic heterocycles. The van der Waals surface area contributed by atoms with E-state index in [0.717, 1.165) is 11.6 Å². The van der Waals surface area contributed by atoms with Gasteiger partial charge in [0.25, 0.3) is 0 Å². The Hall–Kier alpha value is -3.24. The fraction of sp³-hybridized carbons (Fsp3) is 0.517. The number of aliphatic hydroxyl groups excluding tert-OH is 1. The minimum atomic E-state index is -1.05. The van der Waals surface area contributed by atoms with E-state index in [1.807, 2.05) is 38.1 Å². The number of piperidine rings is 1. The average molecular weight is 547 g/mol. The van der Waals surface area contributed by atoms with Crippen LogP contribution in [-0.4, -0.2) is 78.8 Å². The van der Waals surface area contributed by atoms with Crippen LogP contribution < -0.4 is 15.4 Å². The molecule has 3 rings (SSSR count). The van der Waals surface area contributed by atoms with Gasteiger partial charge in [0.15, 0.2) is 0 Å². The van der Waals surface area contributed by atoms with Gasteiger partial charge in [0.1, 0.15) is 17.4 Å². The molecule has 3 atom stereocenters. The first kappa shape index (κ1) is 30.3. The molecule has 2 aromatic rings. The Morgan fingerprint density at radius 2 is 1.85 bits per heavy atom. The fourth-order valence-electron chi connectivity index (χ4n) is 4.96. The van der Waals surface area contributed by atoms with E-state index < -0.39 is 29.8 Å². The summed E-state index contributed by atoms with van der Waals surface area (Å²) in [6.45, 7) is 6.43. The number of benzene rings is 2. The number of hydrogen-bond acceptors (Lipinski definition) is 5. The number of rotatable bonds is 12. The van der Waals surface area contributed by atoms with E-state index in [9.17, 15) is 23.5 Å². The van der Waals surface area contributed by atoms with Crippen molar-refractivity contribution in [2.75, 3.05) is 39.8 Å². The largest absolute Gasteiger partial charge is 0.497 e. The molecule has 1 unspecified atom stereocenters. The van der Waals surface area contributed by atoms with Gasteiger partial charge in [0.05, 0.1) is 25.2 Å². The first-order valence-electron chi connectivity index (χ1n) is 13.5. The van der Waals surface area contributed by atoms with E-state index in [-0.39, 0.29) is 31.3 Å². The molecule has 1 fully saturated rings. The summed E-state index contributed by atoms with van der Waals surface area (Å²) < 4.78 is 33.0. The smallest absolute Gasteiger partial charge is 0.317 e. The number of carbonyl (C=O) groups excluding carboxylic acids is 2. The van der Waals surface area contributed by atoms with Gasteiger partial charge in [-0.1, -0.05) is 12.1 Å². The molecular weight excluding hydrogens is 506 g/mol. The third-order valence-electron chi connectivity index (χ3n) is 7.10. The molecule has 39 heavy (non-hydrogen) atoms. The van der Waals surface area contributed by atoms with Crippen LogP contribution in [0.25, 0.3) is 0 Å². The van der Waals surface area contributed by atoms with E-state index >= 15 is 0 Å². The Labute approximate surface area is 229 Å². The maximum atomic E-state index is 13.9. The first-order valence-corrected chi connectivity index (χ1v) is 13.5. The lowest BCUT2D eigenvalue weighted by atomic mass is 9.96. The number of halogens is 2. The highest BCUT2D eigenvalue weighted by atomic mass is 19.1. The van der Waals surface area contributed by atoms with Crippen molar-refractivity contribution in [1.29, 1.82) is 0 Å². The molecule has 3 amide bonds. The number of amides is 3. The zero-order valence-electron chi connectivity index (χ0n) is 23.0. The third-order valence-corrected chi connectivity index (χ3v) is 7.10. The van der Waals surface area contributed by atoms with Crippen LogP contribution in [0.1, 0.15) is 37.8 Å². The summed E-state index contributed by atoms with van der Waals surface area (Å²) in [5.74, 6) is -0.989. The minimum Gasteiger partial charge on any atom is -0.497 e. The lowest BCUT2D eigenvalue weighted by Crippen LogP contribution is -2.55. The highest BCUT2D eigenvalue weighted by Gasteiger charge is 2.32. The summed E-state index contributed by atoms with van der Waals surface area (Å²) in [6.07, 6.45) is 0.374. The van der Waals surface area contributed by atoms with Crippen LogP contribution in [-0.2, 0) is 17.8 Å². The number of nitrogens with zero attached hydrogens (tertiary/aromatic N) is 2. The van der Waals surface area contributed by atoms with Crippen molar-refractivity contribution >= 4 is 11.9 Å². The van der Waals surface area contributed by atoms with Gasteiger partial charge >= 0.3 is 6.03 Å². The van der Waals surface area contributed by atoms with Crippen LogP contribution in [0.15, 0.2) is 42.5 Å². The monoisotopic (exact) mass is 546 g/mol. The molecule has 0 bridgehead atoms.